The molecule has 156 valence electrons. The second kappa shape index (κ2) is 9.95. The number of nitrogens with zero attached hydrogens (tertiary/aromatic N) is 1. The molecule has 0 aromatic heterocycles. The van der Waals surface area contributed by atoms with E-state index in [2.05, 4.69) is 11.4 Å². The fourth-order valence-electron chi connectivity index (χ4n) is 5.00. The van der Waals surface area contributed by atoms with Gasteiger partial charge in [-0.15, -0.1) is 12.4 Å². The molecule has 1 N–H and O–H groups in total. The average Bonchev–Trinajstić information content (AvgIpc) is 3.30. The predicted molar refractivity (Wildman–Crippen MR) is 112 cm³/mol. The van der Waals surface area contributed by atoms with Crippen molar-refractivity contribution in [1.82, 2.24) is 10.2 Å². The van der Waals surface area contributed by atoms with Gasteiger partial charge in [0.1, 0.15) is 5.75 Å². The molecule has 6 heteroatoms. The van der Waals surface area contributed by atoms with E-state index in [0.29, 0.717) is 37.5 Å². The number of halogens is 1. The lowest BCUT2D eigenvalue weighted by Gasteiger charge is -2.31. The Labute approximate surface area is 174 Å². The molecule has 4 rings (SSSR count). The molecule has 3 heterocycles. The number of nitrogens with one attached hydrogen (secondary N) is 1. The number of carbonyl (C=O) groups excluding carboxylic acids is 1. The quantitative estimate of drug-likeness (QED) is 0.749. The van der Waals surface area contributed by atoms with E-state index in [9.17, 15) is 4.79 Å². The lowest BCUT2D eigenvalue weighted by atomic mass is 9.89. The zero-order chi connectivity index (χ0) is 18.6. The van der Waals surface area contributed by atoms with Gasteiger partial charge in [0.05, 0.1) is 13.2 Å². The van der Waals surface area contributed by atoms with Gasteiger partial charge in [0.2, 0.25) is 5.91 Å². The van der Waals surface area contributed by atoms with Crippen molar-refractivity contribution >= 4 is 18.3 Å². The lowest BCUT2D eigenvalue weighted by Crippen LogP contribution is -2.42. The van der Waals surface area contributed by atoms with E-state index < -0.39 is 0 Å². The molecule has 0 radical (unpaired) electrons. The molecular weight excluding hydrogens is 376 g/mol. The summed E-state index contributed by atoms with van der Waals surface area (Å²) in [7, 11) is 1.68. The summed E-state index contributed by atoms with van der Waals surface area (Å²) >= 11 is 0. The third-order valence-electron chi connectivity index (χ3n) is 6.34. The van der Waals surface area contributed by atoms with Crippen molar-refractivity contribution in [3.8, 4) is 5.75 Å². The smallest absolute Gasteiger partial charge is 0.223 e. The van der Waals surface area contributed by atoms with Crippen molar-refractivity contribution in [2.45, 2.75) is 69.7 Å². The molecule has 3 aliphatic heterocycles. The van der Waals surface area contributed by atoms with Crippen molar-refractivity contribution in [2.75, 3.05) is 20.3 Å². The van der Waals surface area contributed by atoms with E-state index in [0.717, 1.165) is 43.6 Å². The Hall–Kier alpha value is -1.30. The van der Waals surface area contributed by atoms with Crippen LogP contribution in [0.3, 0.4) is 0 Å². The SMILES string of the molecule is COc1cccc(CN(CC2CCCO2)C(=O)CC2CC3CCC(C2)N3)c1.Cl. The number of methoxy groups -OCH3 is 1. The molecule has 5 nitrogen and oxygen atoms in total. The third-order valence-corrected chi connectivity index (χ3v) is 6.34. The van der Waals surface area contributed by atoms with E-state index in [4.69, 9.17) is 9.47 Å². The van der Waals surface area contributed by atoms with Crippen LogP contribution in [0.25, 0.3) is 0 Å². The van der Waals surface area contributed by atoms with Gasteiger partial charge in [0.15, 0.2) is 0 Å². The third kappa shape index (κ3) is 5.40. The van der Waals surface area contributed by atoms with Crippen molar-refractivity contribution < 1.29 is 14.3 Å². The minimum Gasteiger partial charge on any atom is -0.497 e. The highest BCUT2D eigenvalue weighted by Gasteiger charge is 2.35. The number of hydrogen-bond donors (Lipinski definition) is 1. The average molecular weight is 409 g/mol. The molecule has 1 aromatic carbocycles. The van der Waals surface area contributed by atoms with Crippen LogP contribution in [-0.4, -0.2) is 49.3 Å². The summed E-state index contributed by atoms with van der Waals surface area (Å²) in [5.74, 6) is 1.64. The first-order valence-corrected chi connectivity index (χ1v) is 10.5. The van der Waals surface area contributed by atoms with Gasteiger partial charge >= 0.3 is 0 Å². The van der Waals surface area contributed by atoms with E-state index in [1.165, 1.54) is 12.8 Å². The van der Waals surface area contributed by atoms with Crippen molar-refractivity contribution in [3.63, 3.8) is 0 Å². The number of fused-ring (bicyclic) bond motifs is 2. The molecule has 3 atom stereocenters. The fraction of sp³-hybridized carbons (Fsp3) is 0.682. The van der Waals surface area contributed by atoms with Crippen LogP contribution in [0.5, 0.6) is 5.75 Å². The minimum absolute atomic E-state index is 0. The summed E-state index contributed by atoms with van der Waals surface area (Å²) < 4.78 is 11.2. The van der Waals surface area contributed by atoms with Crippen LogP contribution in [0.2, 0.25) is 0 Å². The number of piperidine rings is 1. The minimum atomic E-state index is 0. The second-order valence-corrected chi connectivity index (χ2v) is 8.44. The molecule has 28 heavy (non-hydrogen) atoms. The van der Waals surface area contributed by atoms with E-state index in [1.807, 2.05) is 23.1 Å². The van der Waals surface area contributed by atoms with Gasteiger partial charge in [-0.05, 0) is 62.1 Å². The molecule has 3 aliphatic rings. The summed E-state index contributed by atoms with van der Waals surface area (Å²) in [4.78, 5) is 15.2. The van der Waals surface area contributed by atoms with Crippen LogP contribution in [0.1, 0.15) is 50.5 Å². The normalized spacial score (nSPS) is 28.6. The fourth-order valence-corrected chi connectivity index (χ4v) is 5.00. The maximum Gasteiger partial charge on any atom is 0.223 e. The van der Waals surface area contributed by atoms with Crippen LogP contribution in [0, 0.1) is 5.92 Å². The van der Waals surface area contributed by atoms with Gasteiger partial charge < -0.3 is 19.7 Å². The lowest BCUT2D eigenvalue weighted by molar-refractivity contribution is -0.134. The van der Waals surface area contributed by atoms with Crippen LogP contribution >= 0.6 is 12.4 Å². The monoisotopic (exact) mass is 408 g/mol. The van der Waals surface area contributed by atoms with Gasteiger partial charge in [-0.1, -0.05) is 12.1 Å². The second-order valence-electron chi connectivity index (χ2n) is 8.44. The highest BCUT2D eigenvalue weighted by molar-refractivity contribution is 5.85. The number of amides is 1. The zero-order valence-electron chi connectivity index (χ0n) is 16.8. The summed E-state index contributed by atoms with van der Waals surface area (Å²) in [5, 5.41) is 3.68. The van der Waals surface area contributed by atoms with Crippen LogP contribution < -0.4 is 10.1 Å². The Bertz CT molecular complexity index is 638. The molecule has 0 aliphatic carbocycles. The maximum atomic E-state index is 13.2. The number of carbonyl (C=O) groups is 1. The Balaban J connectivity index is 0.00000225. The molecule has 1 aromatic rings. The van der Waals surface area contributed by atoms with Crippen LogP contribution in [0.4, 0.5) is 0 Å². The summed E-state index contributed by atoms with van der Waals surface area (Å²) in [6, 6.07) is 9.30. The number of rotatable bonds is 7. The summed E-state index contributed by atoms with van der Waals surface area (Å²) in [6.07, 6.45) is 7.86. The summed E-state index contributed by atoms with van der Waals surface area (Å²) in [6.45, 7) is 2.16. The Kier molecular flexibility index (Phi) is 7.61. The molecule has 3 fully saturated rings. The topological polar surface area (TPSA) is 50.8 Å². The highest BCUT2D eigenvalue weighted by atomic mass is 35.5. The van der Waals surface area contributed by atoms with Crippen molar-refractivity contribution in [1.29, 1.82) is 0 Å². The number of ether oxygens (including phenoxy) is 2. The summed E-state index contributed by atoms with van der Waals surface area (Å²) in [5.41, 5.74) is 1.12. The van der Waals surface area contributed by atoms with E-state index in [-0.39, 0.29) is 24.4 Å². The Morgan fingerprint density at radius 3 is 2.71 bits per heavy atom. The first-order valence-electron chi connectivity index (χ1n) is 10.5. The maximum absolute atomic E-state index is 13.2. The molecular formula is C22H33ClN2O3. The Morgan fingerprint density at radius 2 is 2.04 bits per heavy atom. The van der Waals surface area contributed by atoms with Crippen LogP contribution in [-0.2, 0) is 16.1 Å². The van der Waals surface area contributed by atoms with Crippen molar-refractivity contribution in [2.24, 2.45) is 5.92 Å². The van der Waals surface area contributed by atoms with Gasteiger partial charge in [0, 0.05) is 38.2 Å². The number of hydrogen-bond acceptors (Lipinski definition) is 4. The molecule has 2 bridgehead atoms. The van der Waals surface area contributed by atoms with Gasteiger partial charge in [-0.25, -0.2) is 0 Å². The Morgan fingerprint density at radius 1 is 1.25 bits per heavy atom. The van der Waals surface area contributed by atoms with Crippen LogP contribution in [0.15, 0.2) is 24.3 Å². The van der Waals surface area contributed by atoms with Crippen molar-refractivity contribution in [3.05, 3.63) is 29.8 Å². The highest BCUT2D eigenvalue weighted by Crippen LogP contribution is 2.33. The largest absolute Gasteiger partial charge is 0.497 e. The van der Waals surface area contributed by atoms with Gasteiger partial charge in [0.25, 0.3) is 0 Å². The standard InChI is InChI=1S/C22H32N2O3.ClH/c1-26-20-5-2-4-16(12-20)14-24(15-21-6-3-9-27-21)22(25)13-17-10-18-7-8-19(11-17)23-18;/h2,4-5,12,17-19,21,23H,3,6-11,13-15H2,1H3;1H. The number of benzene rings is 1. The molecule has 3 unspecified atom stereocenters. The van der Waals surface area contributed by atoms with Gasteiger partial charge in [-0.2, -0.15) is 0 Å². The van der Waals surface area contributed by atoms with E-state index in [1.54, 1.807) is 7.11 Å². The zero-order valence-corrected chi connectivity index (χ0v) is 17.6. The van der Waals surface area contributed by atoms with E-state index >= 15 is 0 Å². The predicted octanol–water partition coefficient (Wildman–Crippen LogP) is 3.55. The molecule has 1 amide bonds. The first kappa shape index (κ1) is 21.4. The molecule has 0 spiro atoms. The molecule has 3 saturated heterocycles. The van der Waals surface area contributed by atoms with Gasteiger partial charge in [-0.3, -0.25) is 4.79 Å². The first-order chi connectivity index (χ1) is 13.2. The molecule has 0 saturated carbocycles.